The van der Waals surface area contributed by atoms with E-state index >= 15 is 0 Å². The van der Waals surface area contributed by atoms with Crippen LogP contribution in [0.3, 0.4) is 0 Å². The van der Waals surface area contributed by atoms with Crippen LogP contribution < -0.4 is 0 Å². The van der Waals surface area contributed by atoms with Crippen LogP contribution in [-0.4, -0.2) is 32.1 Å². The quantitative estimate of drug-likeness (QED) is 0.730. The average Bonchev–Trinajstić information content (AvgIpc) is 3.07. The van der Waals surface area contributed by atoms with Gasteiger partial charge in [0.25, 0.3) is 5.91 Å². The third-order valence-electron chi connectivity index (χ3n) is 4.49. The summed E-state index contributed by atoms with van der Waals surface area (Å²) in [5, 5.41) is 4.29. The van der Waals surface area contributed by atoms with Crippen molar-refractivity contribution in [2.24, 2.45) is 7.05 Å². The Kier molecular flexibility index (Phi) is 3.61. The number of amides is 1. The lowest BCUT2D eigenvalue weighted by atomic mass is 9.86. The van der Waals surface area contributed by atoms with E-state index in [4.69, 9.17) is 0 Å². The molecule has 0 saturated heterocycles. The molecule has 5 heteroatoms. The molecule has 3 heterocycles. The largest absolute Gasteiger partial charge is 0.332 e. The smallest absolute Gasteiger partial charge is 0.272 e. The first kappa shape index (κ1) is 14.6. The van der Waals surface area contributed by atoms with Gasteiger partial charge >= 0.3 is 0 Å². The first-order valence-electron chi connectivity index (χ1n) is 7.99. The maximum atomic E-state index is 12.8. The van der Waals surface area contributed by atoms with Gasteiger partial charge in [-0.1, -0.05) is 30.3 Å². The standard InChI is InChI=1S/C19H18N4O/c1-22-11-15(10-21-22)17-13-23(12-14-6-2-3-7-16(14)17)19(24)18-8-4-5-9-20-18/h2-11,17H,12-13H2,1H3/t17-/m1/s1. The lowest BCUT2D eigenvalue weighted by molar-refractivity contribution is 0.0719. The molecule has 5 nitrogen and oxygen atoms in total. The summed E-state index contributed by atoms with van der Waals surface area (Å²) in [5.74, 6) is 0.107. The molecule has 0 saturated carbocycles. The van der Waals surface area contributed by atoms with E-state index in [0.29, 0.717) is 18.8 Å². The Balaban J connectivity index is 1.71. The second-order valence-electron chi connectivity index (χ2n) is 6.10. The molecule has 1 amide bonds. The molecule has 24 heavy (non-hydrogen) atoms. The first-order valence-corrected chi connectivity index (χ1v) is 7.99. The molecule has 0 radical (unpaired) electrons. The molecule has 0 unspecified atom stereocenters. The number of pyridine rings is 1. The minimum Gasteiger partial charge on any atom is -0.332 e. The normalized spacial score (nSPS) is 16.7. The summed E-state index contributed by atoms with van der Waals surface area (Å²) in [7, 11) is 1.91. The molecule has 4 rings (SSSR count). The average molecular weight is 318 g/mol. The molecule has 1 aromatic carbocycles. The second-order valence-corrected chi connectivity index (χ2v) is 6.10. The minimum absolute atomic E-state index is 0.0287. The van der Waals surface area contributed by atoms with E-state index in [1.54, 1.807) is 16.9 Å². The van der Waals surface area contributed by atoms with Crippen LogP contribution in [0.1, 0.15) is 33.1 Å². The lowest BCUT2D eigenvalue weighted by Crippen LogP contribution is -2.38. The number of hydrogen-bond acceptors (Lipinski definition) is 3. The van der Waals surface area contributed by atoms with Gasteiger partial charge in [-0.15, -0.1) is 0 Å². The van der Waals surface area contributed by atoms with Crippen LogP contribution in [0.2, 0.25) is 0 Å². The van der Waals surface area contributed by atoms with E-state index in [1.807, 2.05) is 42.5 Å². The second kappa shape index (κ2) is 5.92. The number of fused-ring (bicyclic) bond motifs is 1. The molecule has 1 atom stereocenters. The minimum atomic E-state index is -0.0287. The van der Waals surface area contributed by atoms with Gasteiger partial charge in [-0.3, -0.25) is 14.5 Å². The Bertz CT molecular complexity index is 872. The van der Waals surface area contributed by atoms with Crippen LogP contribution in [0.15, 0.2) is 61.1 Å². The zero-order valence-corrected chi connectivity index (χ0v) is 13.5. The maximum absolute atomic E-state index is 12.8. The predicted molar refractivity (Wildman–Crippen MR) is 90.5 cm³/mol. The van der Waals surface area contributed by atoms with E-state index in [-0.39, 0.29) is 11.8 Å². The number of aromatic nitrogens is 3. The third-order valence-corrected chi connectivity index (χ3v) is 4.49. The van der Waals surface area contributed by atoms with Crippen molar-refractivity contribution in [2.75, 3.05) is 6.54 Å². The molecular formula is C19H18N4O. The highest BCUT2D eigenvalue weighted by Gasteiger charge is 2.30. The molecule has 0 spiro atoms. The van der Waals surface area contributed by atoms with Crippen LogP contribution in [0, 0.1) is 0 Å². The number of hydrogen-bond donors (Lipinski definition) is 0. The lowest BCUT2D eigenvalue weighted by Gasteiger charge is -2.34. The molecule has 2 aromatic heterocycles. The number of aryl methyl sites for hydroxylation is 1. The fraction of sp³-hybridized carbons (Fsp3) is 0.211. The van der Waals surface area contributed by atoms with Crippen LogP contribution >= 0.6 is 0 Å². The number of carbonyl (C=O) groups is 1. The molecule has 0 bridgehead atoms. The van der Waals surface area contributed by atoms with Gasteiger partial charge in [0.1, 0.15) is 5.69 Å². The van der Waals surface area contributed by atoms with Gasteiger partial charge in [-0.05, 0) is 28.8 Å². The first-order chi connectivity index (χ1) is 11.7. The van der Waals surface area contributed by atoms with Gasteiger partial charge in [0.2, 0.25) is 0 Å². The van der Waals surface area contributed by atoms with Crippen molar-refractivity contribution in [3.63, 3.8) is 0 Å². The third kappa shape index (κ3) is 2.58. The summed E-state index contributed by atoms with van der Waals surface area (Å²) in [5.41, 5.74) is 4.07. The zero-order valence-electron chi connectivity index (χ0n) is 13.5. The fourth-order valence-corrected chi connectivity index (χ4v) is 3.32. The molecular weight excluding hydrogens is 300 g/mol. The van der Waals surface area contributed by atoms with Crippen molar-refractivity contribution >= 4 is 5.91 Å². The van der Waals surface area contributed by atoms with Gasteiger partial charge in [0, 0.05) is 38.4 Å². The SMILES string of the molecule is Cn1cc([C@H]2CN(C(=O)c3ccccn3)Cc3ccccc32)cn1. The summed E-state index contributed by atoms with van der Waals surface area (Å²) in [4.78, 5) is 18.9. The number of carbonyl (C=O) groups excluding carboxylic acids is 1. The number of rotatable bonds is 2. The molecule has 1 aliphatic rings. The molecule has 0 fully saturated rings. The summed E-state index contributed by atoms with van der Waals surface area (Å²) in [6.45, 7) is 1.25. The maximum Gasteiger partial charge on any atom is 0.272 e. The van der Waals surface area contributed by atoms with Crippen LogP contribution in [0.5, 0.6) is 0 Å². The Morgan fingerprint density at radius 2 is 2.00 bits per heavy atom. The van der Waals surface area contributed by atoms with E-state index in [9.17, 15) is 4.79 Å². The molecule has 0 N–H and O–H groups in total. The molecule has 120 valence electrons. The van der Waals surface area contributed by atoms with Crippen LogP contribution in [0.25, 0.3) is 0 Å². The molecule has 0 aliphatic carbocycles. The van der Waals surface area contributed by atoms with E-state index in [1.165, 1.54) is 11.1 Å². The fourth-order valence-electron chi connectivity index (χ4n) is 3.32. The molecule has 1 aliphatic heterocycles. The highest BCUT2D eigenvalue weighted by atomic mass is 16.2. The van der Waals surface area contributed by atoms with Gasteiger partial charge in [0.05, 0.1) is 6.20 Å². The Morgan fingerprint density at radius 3 is 2.75 bits per heavy atom. The van der Waals surface area contributed by atoms with Crippen LogP contribution in [-0.2, 0) is 13.6 Å². The van der Waals surface area contributed by atoms with Crippen molar-refractivity contribution in [3.05, 3.63) is 83.4 Å². The van der Waals surface area contributed by atoms with Gasteiger partial charge in [0.15, 0.2) is 0 Å². The van der Waals surface area contributed by atoms with Crippen molar-refractivity contribution in [2.45, 2.75) is 12.5 Å². The van der Waals surface area contributed by atoms with Crippen molar-refractivity contribution in [1.82, 2.24) is 19.7 Å². The Hall–Kier alpha value is -2.95. The number of benzene rings is 1. The van der Waals surface area contributed by atoms with Crippen LogP contribution in [0.4, 0.5) is 0 Å². The van der Waals surface area contributed by atoms with Crippen molar-refractivity contribution in [1.29, 1.82) is 0 Å². The number of nitrogens with zero attached hydrogens (tertiary/aromatic N) is 4. The summed E-state index contributed by atoms with van der Waals surface area (Å²) < 4.78 is 1.80. The monoisotopic (exact) mass is 318 g/mol. The van der Waals surface area contributed by atoms with Gasteiger partial charge in [-0.2, -0.15) is 5.10 Å². The Morgan fingerprint density at radius 1 is 1.17 bits per heavy atom. The van der Waals surface area contributed by atoms with E-state index < -0.39 is 0 Å². The predicted octanol–water partition coefficient (Wildman–Crippen LogP) is 2.60. The zero-order chi connectivity index (χ0) is 16.5. The highest BCUT2D eigenvalue weighted by Crippen LogP contribution is 2.33. The Labute approximate surface area is 140 Å². The van der Waals surface area contributed by atoms with E-state index in [2.05, 4.69) is 28.3 Å². The van der Waals surface area contributed by atoms with E-state index in [0.717, 1.165) is 5.56 Å². The van der Waals surface area contributed by atoms with Crippen molar-refractivity contribution < 1.29 is 4.79 Å². The summed E-state index contributed by atoms with van der Waals surface area (Å²) in [6.07, 6.45) is 5.57. The van der Waals surface area contributed by atoms with Gasteiger partial charge < -0.3 is 4.90 Å². The topological polar surface area (TPSA) is 51.0 Å². The highest BCUT2D eigenvalue weighted by molar-refractivity contribution is 5.92. The summed E-state index contributed by atoms with van der Waals surface area (Å²) in [6, 6.07) is 13.7. The van der Waals surface area contributed by atoms with Gasteiger partial charge in [-0.25, -0.2) is 0 Å². The summed E-state index contributed by atoms with van der Waals surface area (Å²) >= 11 is 0. The molecule has 3 aromatic rings. The van der Waals surface area contributed by atoms with Crippen molar-refractivity contribution in [3.8, 4) is 0 Å².